The average molecular weight is 304 g/mol. The molecule has 20 heavy (non-hydrogen) atoms. The standard InChI is InChI=1S/C13H18ClNO5/c1-3-18-13(19-4-2)7-8-20-10-5-6-12(15(16)17)11(14)9-10/h5-6,9,13H,3-4,7-8H2,1-2H3. The Morgan fingerprint density at radius 2 is 1.95 bits per heavy atom. The van der Waals surface area contributed by atoms with Crippen LogP contribution >= 0.6 is 11.6 Å². The summed E-state index contributed by atoms with van der Waals surface area (Å²) in [7, 11) is 0. The van der Waals surface area contributed by atoms with Crippen LogP contribution in [0.5, 0.6) is 5.75 Å². The van der Waals surface area contributed by atoms with Crippen molar-refractivity contribution in [2.24, 2.45) is 0 Å². The molecule has 0 aliphatic carbocycles. The van der Waals surface area contributed by atoms with Gasteiger partial charge in [-0.3, -0.25) is 10.1 Å². The van der Waals surface area contributed by atoms with Crippen LogP contribution < -0.4 is 4.74 Å². The molecular weight excluding hydrogens is 286 g/mol. The van der Waals surface area contributed by atoms with Crippen molar-refractivity contribution in [1.82, 2.24) is 0 Å². The number of nitro groups is 1. The molecule has 0 saturated carbocycles. The molecular formula is C13H18ClNO5. The molecule has 0 aliphatic heterocycles. The predicted molar refractivity (Wildman–Crippen MR) is 75.3 cm³/mol. The van der Waals surface area contributed by atoms with Gasteiger partial charge in [-0.2, -0.15) is 0 Å². The number of halogens is 1. The maximum Gasteiger partial charge on any atom is 0.288 e. The van der Waals surface area contributed by atoms with E-state index in [0.717, 1.165) is 0 Å². The van der Waals surface area contributed by atoms with Crippen LogP contribution in [0.1, 0.15) is 20.3 Å². The van der Waals surface area contributed by atoms with Crippen molar-refractivity contribution in [2.75, 3.05) is 19.8 Å². The molecule has 6 nitrogen and oxygen atoms in total. The minimum absolute atomic E-state index is 0.0543. The van der Waals surface area contributed by atoms with Crippen LogP contribution in [0.4, 0.5) is 5.69 Å². The van der Waals surface area contributed by atoms with Crippen molar-refractivity contribution in [2.45, 2.75) is 26.6 Å². The van der Waals surface area contributed by atoms with E-state index in [-0.39, 0.29) is 17.0 Å². The molecule has 7 heteroatoms. The summed E-state index contributed by atoms with van der Waals surface area (Å²) >= 11 is 5.79. The highest BCUT2D eigenvalue weighted by Gasteiger charge is 2.13. The largest absolute Gasteiger partial charge is 0.493 e. The molecule has 1 aromatic rings. The van der Waals surface area contributed by atoms with Crippen LogP contribution in [0, 0.1) is 10.1 Å². The van der Waals surface area contributed by atoms with Gasteiger partial charge in [-0.05, 0) is 19.9 Å². The molecule has 0 bridgehead atoms. The Labute approximate surface area is 122 Å². The first kappa shape index (κ1) is 16.7. The third-order valence-electron chi connectivity index (χ3n) is 2.44. The van der Waals surface area contributed by atoms with Crippen molar-refractivity contribution >= 4 is 17.3 Å². The van der Waals surface area contributed by atoms with Crippen molar-refractivity contribution < 1.29 is 19.1 Å². The predicted octanol–water partition coefficient (Wildman–Crippen LogP) is 3.42. The maximum absolute atomic E-state index is 10.6. The first-order valence-electron chi connectivity index (χ1n) is 6.38. The number of hydrogen-bond acceptors (Lipinski definition) is 5. The lowest BCUT2D eigenvalue weighted by molar-refractivity contribution is -0.384. The topological polar surface area (TPSA) is 70.8 Å². The van der Waals surface area contributed by atoms with Gasteiger partial charge in [0.05, 0.1) is 11.5 Å². The SMILES string of the molecule is CCOC(CCOc1ccc([N+](=O)[O-])c(Cl)c1)OCC. The molecule has 0 amide bonds. The van der Waals surface area contributed by atoms with Crippen LogP contribution in [0.2, 0.25) is 5.02 Å². The zero-order valence-corrected chi connectivity index (χ0v) is 12.3. The normalized spacial score (nSPS) is 10.8. The van der Waals surface area contributed by atoms with E-state index in [1.165, 1.54) is 18.2 Å². The highest BCUT2D eigenvalue weighted by molar-refractivity contribution is 6.32. The molecule has 0 aromatic heterocycles. The van der Waals surface area contributed by atoms with Gasteiger partial charge < -0.3 is 14.2 Å². The van der Waals surface area contributed by atoms with E-state index in [9.17, 15) is 10.1 Å². The van der Waals surface area contributed by atoms with Crippen LogP contribution in [0.25, 0.3) is 0 Å². The van der Waals surface area contributed by atoms with Crippen LogP contribution in [-0.2, 0) is 9.47 Å². The Morgan fingerprint density at radius 1 is 1.30 bits per heavy atom. The van der Waals surface area contributed by atoms with Crippen LogP contribution in [0.15, 0.2) is 18.2 Å². The minimum Gasteiger partial charge on any atom is -0.493 e. The van der Waals surface area contributed by atoms with E-state index in [1.54, 1.807) is 0 Å². The Balaban J connectivity index is 2.49. The van der Waals surface area contributed by atoms with Gasteiger partial charge in [-0.25, -0.2) is 0 Å². The molecule has 0 fully saturated rings. The summed E-state index contributed by atoms with van der Waals surface area (Å²) < 4.78 is 16.2. The Bertz CT molecular complexity index is 435. The minimum atomic E-state index is -0.535. The van der Waals surface area contributed by atoms with E-state index in [2.05, 4.69) is 0 Å². The number of hydrogen-bond donors (Lipinski definition) is 0. The van der Waals surface area contributed by atoms with Crippen LogP contribution in [-0.4, -0.2) is 31.0 Å². The number of benzene rings is 1. The highest BCUT2D eigenvalue weighted by atomic mass is 35.5. The van der Waals surface area contributed by atoms with Crippen LogP contribution in [0.3, 0.4) is 0 Å². The second-order valence-electron chi connectivity index (χ2n) is 3.85. The summed E-state index contributed by atoms with van der Waals surface area (Å²) in [6.45, 7) is 5.28. The molecule has 0 aliphatic rings. The summed E-state index contributed by atoms with van der Waals surface area (Å²) in [6, 6.07) is 4.26. The molecule has 0 unspecified atom stereocenters. The van der Waals surface area contributed by atoms with Crippen molar-refractivity contribution in [3.8, 4) is 5.75 Å². The summed E-state index contributed by atoms with van der Waals surface area (Å²) in [5, 5.41) is 10.7. The van der Waals surface area contributed by atoms with Gasteiger partial charge in [0.1, 0.15) is 10.8 Å². The lowest BCUT2D eigenvalue weighted by atomic mass is 10.3. The van der Waals surface area contributed by atoms with E-state index in [1.807, 2.05) is 13.8 Å². The Morgan fingerprint density at radius 3 is 2.45 bits per heavy atom. The molecule has 0 saturated heterocycles. The van der Waals surface area contributed by atoms with Gasteiger partial charge in [-0.1, -0.05) is 11.6 Å². The highest BCUT2D eigenvalue weighted by Crippen LogP contribution is 2.28. The molecule has 0 heterocycles. The van der Waals surface area contributed by atoms with Gasteiger partial charge >= 0.3 is 0 Å². The second-order valence-corrected chi connectivity index (χ2v) is 4.25. The first-order valence-corrected chi connectivity index (χ1v) is 6.76. The van der Waals surface area contributed by atoms with Gasteiger partial charge in [0.15, 0.2) is 6.29 Å². The molecule has 0 N–H and O–H groups in total. The number of rotatable bonds is 9. The molecule has 112 valence electrons. The monoisotopic (exact) mass is 303 g/mol. The summed E-state index contributed by atoms with van der Waals surface area (Å²) in [5.41, 5.74) is -0.138. The maximum atomic E-state index is 10.6. The smallest absolute Gasteiger partial charge is 0.288 e. The molecule has 0 atom stereocenters. The first-order chi connectivity index (χ1) is 9.58. The Hall–Kier alpha value is -1.37. The Kier molecular flexibility index (Phi) is 7.28. The molecule has 1 aromatic carbocycles. The quantitative estimate of drug-likeness (QED) is 0.397. The van der Waals surface area contributed by atoms with E-state index >= 15 is 0 Å². The van der Waals surface area contributed by atoms with Crippen molar-refractivity contribution in [1.29, 1.82) is 0 Å². The fourth-order valence-electron chi connectivity index (χ4n) is 1.59. The van der Waals surface area contributed by atoms with Gasteiger partial charge in [0, 0.05) is 31.8 Å². The molecule has 0 radical (unpaired) electrons. The fourth-order valence-corrected chi connectivity index (χ4v) is 1.82. The van der Waals surface area contributed by atoms with E-state index < -0.39 is 4.92 Å². The second kappa shape index (κ2) is 8.73. The number of nitrogens with zero attached hydrogens (tertiary/aromatic N) is 1. The fraction of sp³-hybridized carbons (Fsp3) is 0.538. The number of ether oxygens (including phenoxy) is 3. The zero-order chi connectivity index (χ0) is 15.0. The lowest BCUT2D eigenvalue weighted by Crippen LogP contribution is -2.20. The summed E-state index contributed by atoms with van der Waals surface area (Å²) in [6.07, 6.45) is 0.259. The number of nitro benzene ring substituents is 1. The van der Waals surface area contributed by atoms with Crippen molar-refractivity contribution in [3.63, 3.8) is 0 Å². The van der Waals surface area contributed by atoms with Crippen molar-refractivity contribution in [3.05, 3.63) is 33.3 Å². The summed E-state index contributed by atoms with van der Waals surface area (Å²) in [4.78, 5) is 10.1. The summed E-state index contributed by atoms with van der Waals surface area (Å²) in [5.74, 6) is 0.479. The average Bonchev–Trinajstić information content (AvgIpc) is 2.39. The zero-order valence-electron chi connectivity index (χ0n) is 11.5. The third-order valence-corrected chi connectivity index (χ3v) is 2.75. The molecule has 0 spiro atoms. The van der Waals surface area contributed by atoms with E-state index in [0.29, 0.717) is 32.0 Å². The lowest BCUT2D eigenvalue weighted by Gasteiger charge is -2.17. The third kappa shape index (κ3) is 5.32. The van der Waals surface area contributed by atoms with Gasteiger partial charge in [0.2, 0.25) is 0 Å². The van der Waals surface area contributed by atoms with Gasteiger partial charge in [-0.15, -0.1) is 0 Å². The van der Waals surface area contributed by atoms with E-state index in [4.69, 9.17) is 25.8 Å². The van der Waals surface area contributed by atoms with Gasteiger partial charge in [0.25, 0.3) is 5.69 Å². The molecule has 1 rings (SSSR count).